The van der Waals surface area contributed by atoms with Crippen molar-refractivity contribution in [1.29, 1.82) is 0 Å². The van der Waals surface area contributed by atoms with Gasteiger partial charge in [-0.25, -0.2) is 4.79 Å². The molecular weight excluding hydrogens is 284 g/mol. The third-order valence-electron chi connectivity index (χ3n) is 3.25. The number of rotatable bonds is 5. The van der Waals surface area contributed by atoms with Gasteiger partial charge in [-0.15, -0.1) is 0 Å². The maximum Gasteiger partial charge on any atom is 0.410 e. The fraction of sp³-hybridized carbons (Fsp3) is 0.500. The van der Waals surface area contributed by atoms with Crippen molar-refractivity contribution in [1.82, 2.24) is 5.32 Å². The number of hydrogen-bond acceptors (Lipinski definition) is 4. The molecule has 1 rings (SSSR count). The lowest BCUT2D eigenvalue weighted by molar-refractivity contribution is -0.139. The molecule has 2 atom stereocenters. The first-order valence-electron chi connectivity index (χ1n) is 7.03. The summed E-state index contributed by atoms with van der Waals surface area (Å²) < 4.78 is 10.8. The van der Waals surface area contributed by atoms with E-state index in [0.29, 0.717) is 5.56 Å². The van der Waals surface area contributed by atoms with E-state index in [4.69, 9.17) is 15.2 Å². The van der Waals surface area contributed by atoms with Crippen LogP contribution in [0.5, 0.6) is 0 Å². The number of nitrogens with two attached hydrogens (primary N) is 1. The lowest BCUT2D eigenvalue weighted by Crippen LogP contribution is -2.56. The van der Waals surface area contributed by atoms with Crippen molar-refractivity contribution >= 4 is 12.0 Å². The van der Waals surface area contributed by atoms with Gasteiger partial charge in [-0.05, 0) is 27.7 Å². The highest BCUT2D eigenvalue weighted by Crippen LogP contribution is 2.31. The molecule has 6 nitrogen and oxygen atoms in total. The monoisotopic (exact) mass is 308 g/mol. The van der Waals surface area contributed by atoms with Crippen LogP contribution in [0.25, 0.3) is 0 Å². The topological polar surface area (TPSA) is 90.7 Å². The van der Waals surface area contributed by atoms with E-state index in [1.807, 2.05) is 6.07 Å². The minimum atomic E-state index is -1.39. The Morgan fingerprint density at radius 1 is 1.18 bits per heavy atom. The molecule has 6 heteroatoms. The Morgan fingerprint density at radius 3 is 2.14 bits per heavy atom. The van der Waals surface area contributed by atoms with Crippen molar-refractivity contribution in [3.05, 3.63) is 35.9 Å². The zero-order valence-electron chi connectivity index (χ0n) is 13.7. The summed E-state index contributed by atoms with van der Waals surface area (Å²) in [7, 11) is 1.41. The lowest BCUT2D eigenvalue weighted by Gasteiger charge is -2.37. The Morgan fingerprint density at radius 2 is 1.73 bits per heavy atom. The molecule has 122 valence electrons. The minimum absolute atomic E-state index is 0.596. The van der Waals surface area contributed by atoms with E-state index >= 15 is 0 Å². The maximum atomic E-state index is 12.2. The van der Waals surface area contributed by atoms with Crippen LogP contribution in [-0.2, 0) is 20.0 Å². The van der Waals surface area contributed by atoms with Crippen LogP contribution >= 0.6 is 0 Å². The molecule has 0 fully saturated rings. The third-order valence-corrected chi connectivity index (χ3v) is 3.25. The molecule has 2 unspecified atom stereocenters. The SMILES string of the molecule is COC(NC(=O)OC(C)(C)C)(c1ccccc1)C(C)C(N)=O. The molecule has 3 N–H and O–H groups in total. The Hall–Kier alpha value is -2.08. The highest BCUT2D eigenvalue weighted by atomic mass is 16.6. The number of nitrogens with one attached hydrogen (secondary N) is 1. The predicted octanol–water partition coefficient (Wildman–Crippen LogP) is 2.13. The van der Waals surface area contributed by atoms with Gasteiger partial charge in [0.25, 0.3) is 0 Å². The summed E-state index contributed by atoms with van der Waals surface area (Å²) in [6, 6.07) is 8.90. The molecular formula is C16H24N2O4. The average molecular weight is 308 g/mol. The van der Waals surface area contributed by atoms with Gasteiger partial charge in [-0.3, -0.25) is 10.1 Å². The Kier molecular flexibility index (Phi) is 5.54. The van der Waals surface area contributed by atoms with Crippen LogP contribution in [-0.4, -0.2) is 24.7 Å². The molecule has 0 saturated carbocycles. The Balaban J connectivity index is 3.22. The number of primary amides is 1. The molecule has 22 heavy (non-hydrogen) atoms. The van der Waals surface area contributed by atoms with E-state index in [-0.39, 0.29) is 0 Å². The highest BCUT2D eigenvalue weighted by Gasteiger charge is 2.43. The number of methoxy groups -OCH3 is 1. The van der Waals surface area contributed by atoms with Crippen LogP contribution in [0.1, 0.15) is 33.3 Å². The second-order valence-corrected chi connectivity index (χ2v) is 6.06. The summed E-state index contributed by atoms with van der Waals surface area (Å²) in [4.78, 5) is 23.9. The molecule has 0 aliphatic carbocycles. The van der Waals surface area contributed by atoms with Crippen molar-refractivity contribution in [2.45, 2.75) is 39.0 Å². The smallest absolute Gasteiger partial charge is 0.410 e. The van der Waals surface area contributed by atoms with Gasteiger partial charge in [0.15, 0.2) is 5.72 Å². The zero-order valence-corrected chi connectivity index (χ0v) is 13.7. The summed E-state index contributed by atoms with van der Waals surface area (Å²) in [5.74, 6) is -1.39. The van der Waals surface area contributed by atoms with Gasteiger partial charge in [-0.2, -0.15) is 0 Å². The molecule has 0 spiro atoms. The van der Waals surface area contributed by atoms with Gasteiger partial charge in [0.2, 0.25) is 5.91 Å². The molecule has 0 aliphatic rings. The van der Waals surface area contributed by atoms with Crippen LogP contribution in [0, 0.1) is 5.92 Å². The van der Waals surface area contributed by atoms with Crippen molar-refractivity contribution in [2.75, 3.05) is 7.11 Å². The summed E-state index contributed by atoms with van der Waals surface area (Å²) >= 11 is 0. The van der Waals surface area contributed by atoms with Crippen LogP contribution in [0.2, 0.25) is 0 Å². The van der Waals surface area contributed by atoms with Gasteiger partial charge < -0.3 is 15.2 Å². The molecule has 0 aliphatic heterocycles. The Bertz CT molecular complexity index is 525. The number of carbonyl (C=O) groups is 2. The van der Waals surface area contributed by atoms with Crippen molar-refractivity contribution < 1.29 is 19.1 Å². The zero-order chi connectivity index (χ0) is 17.0. The number of alkyl carbamates (subject to hydrolysis) is 1. The number of benzene rings is 1. The second-order valence-electron chi connectivity index (χ2n) is 6.06. The first kappa shape index (κ1) is 18.0. The third kappa shape index (κ3) is 4.21. The van der Waals surface area contributed by atoms with E-state index < -0.39 is 29.2 Å². The van der Waals surface area contributed by atoms with Crippen LogP contribution in [0.15, 0.2) is 30.3 Å². The van der Waals surface area contributed by atoms with E-state index in [9.17, 15) is 9.59 Å². The Labute approximate surface area is 131 Å². The lowest BCUT2D eigenvalue weighted by atomic mass is 9.89. The van der Waals surface area contributed by atoms with Crippen molar-refractivity contribution in [3.63, 3.8) is 0 Å². The standard InChI is InChI=1S/C16H24N2O4/c1-11(13(17)19)16(21-5,12-9-7-6-8-10-12)18-14(20)22-15(2,3)4/h6-11H,1-5H3,(H2,17,19)(H,18,20). The van der Waals surface area contributed by atoms with Gasteiger partial charge >= 0.3 is 6.09 Å². The van der Waals surface area contributed by atoms with E-state index in [2.05, 4.69) is 5.32 Å². The van der Waals surface area contributed by atoms with Gasteiger partial charge in [0, 0.05) is 12.7 Å². The number of ether oxygens (including phenoxy) is 2. The molecule has 1 aromatic rings. The van der Waals surface area contributed by atoms with Crippen LogP contribution in [0.3, 0.4) is 0 Å². The summed E-state index contributed by atoms with van der Waals surface area (Å²) in [6.07, 6.45) is -0.689. The average Bonchev–Trinajstić information content (AvgIpc) is 2.43. The molecule has 0 radical (unpaired) electrons. The normalized spacial score (nSPS) is 15.5. The quantitative estimate of drug-likeness (QED) is 0.815. The summed E-state index contributed by atoms with van der Waals surface area (Å²) in [5.41, 5.74) is 3.97. The highest BCUT2D eigenvalue weighted by molar-refractivity contribution is 5.79. The van der Waals surface area contributed by atoms with Crippen LogP contribution in [0.4, 0.5) is 4.79 Å². The van der Waals surface area contributed by atoms with Gasteiger partial charge in [0.1, 0.15) is 5.60 Å². The molecule has 2 amide bonds. The summed E-state index contributed by atoms with van der Waals surface area (Å²) in [6.45, 7) is 6.85. The molecule has 0 saturated heterocycles. The second kappa shape index (κ2) is 6.79. The van der Waals surface area contributed by atoms with Gasteiger partial charge in [-0.1, -0.05) is 30.3 Å². The molecule has 0 bridgehead atoms. The van der Waals surface area contributed by atoms with Crippen molar-refractivity contribution in [2.24, 2.45) is 11.7 Å². The fourth-order valence-corrected chi connectivity index (χ4v) is 2.12. The molecule has 1 aromatic carbocycles. The molecule has 0 heterocycles. The first-order valence-corrected chi connectivity index (χ1v) is 7.03. The number of hydrogen-bond donors (Lipinski definition) is 2. The minimum Gasteiger partial charge on any atom is -0.444 e. The summed E-state index contributed by atoms with van der Waals surface area (Å²) in [5, 5.41) is 2.65. The maximum absolute atomic E-state index is 12.2. The predicted molar refractivity (Wildman–Crippen MR) is 82.9 cm³/mol. The van der Waals surface area contributed by atoms with E-state index in [1.54, 1.807) is 52.0 Å². The largest absolute Gasteiger partial charge is 0.444 e. The van der Waals surface area contributed by atoms with Gasteiger partial charge in [0.05, 0.1) is 5.92 Å². The first-order chi connectivity index (χ1) is 10.1. The van der Waals surface area contributed by atoms with Crippen LogP contribution < -0.4 is 11.1 Å². The van der Waals surface area contributed by atoms with E-state index in [1.165, 1.54) is 7.11 Å². The molecule has 0 aromatic heterocycles. The number of carbonyl (C=O) groups excluding carboxylic acids is 2. The van der Waals surface area contributed by atoms with Crippen molar-refractivity contribution in [3.8, 4) is 0 Å². The fourth-order valence-electron chi connectivity index (χ4n) is 2.12. The number of amides is 2. The van der Waals surface area contributed by atoms with E-state index in [0.717, 1.165) is 0 Å².